The second-order valence-corrected chi connectivity index (χ2v) is 4.37. The molecule has 0 spiro atoms. The van der Waals surface area contributed by atoms with Crippen molar-refractivity contribution in [2.75, 3.05) is 6.54 Å². The number of phenols is 2. The van der Waals surface area contributed by atoms with Crippen LogP contribution in [0.25, 0.3) is 0 Å². The van der Waals surface area contributed by atoms with E-state index in [0.717, 1.165) is 0 Å². The van der Waals surface area contributed by atoms with E-state index in [0.29, 0.717) is 5.56 Å². The molecule has 88 valence electrons. The number of phenolic OH excluding ortho intramolecular Hbond substituents is 2. The maximum Gasteiger partial charge on any atom is 0.250 e. The second-order valence-electron chi connectivity index (χ2n) is 4.37. The van der Waals surface area contributed by atoms with Crippen molar-refractivity contribution in [3.8, 4) is 11.5 Å². The number of benzene rings is 1. The zero-order valence-electron chi connectivity index (χ0n) is 8.58. The summed E-state index contributed by atoms with van der Waals surface area (Å²) in [6, 6.07) is 4.34. The molecule has 1 aromatic rings. The molecule has 1 saturated carbocycles. The predicted octanol–water partition coefficient (Wildman–Crippen LogP) is 1.72. The molecule has 0 aromatic heterocycles. The van der Waals surface area contributed by atoms with E-state index >= 15 is 0 Å². The summed E-state index contributed by atoms with van der Waals surface area (Å²) in [5.74, 6) is -3.37. The first-order chi connectivity index (χ1) is 7.40. The minimum absolute atomic E-state index is 0.0274. The summed E-state index contributed by atoms with van der Waals surface area (Å²) in [6.45, 7) is 0.0274. The van der Waals surface area contributed by atoms with E-state index in [1.54, 1.807) is 0 Å². The first-order valence-electron chi connectivity index (χ1n) is 5.00. The van der Waals surface area contributed by atoms with Crippen molar-refractivity contribution in [1.82, 2.24) is 0 Å². The molecule has 16 heavy (non-hydrogen) atoms. The molecular weight excluding hydrogens is 216 g/mol. The van der Waals surface area contributed by atoms with E-state index in [1.165, 1.54) is 18.2 Å². The maximum atomic E-state index is 12.9. The van der Waals surface area contributed by atoms with Crippen LogP contribution in [-0.2, 0) is 5.41 Å². The van der Waals surface area contributed by atoms with Gasteiger partial charge in [-0.15, -0.1) is 0 Å². The number of aromatic hydroxyl groups is 2. The molecule has 2 rings (SSSR count). The van der Waals surface area contributed by atoms with Crippen LogP contribution in [-0.4, -0.2) is 22.7 Å². The molecule has 0 heterocycles. The lowest BCUT2D eigenvalue weighted by molar-refractivity contribution is -0.124. The fraction of sp³-hybridized carbons (Fsp3) is 0.455. The van der Waals surface area contributed by atoms with Crippen molar-refractivity contribution in [3.05, 3.63) is 23.8 Å². The molecule has 0 amide bonds. The van der Waals surface area contributed by atoms with Gasteiger partial charge < -0.3 is 15.9 Å². The smallest absolute Gasteiger partial charge is 0.250 e. The number of hydrogen-bond donors (Lipinski definition) is 3. The van der Waals surface area contributed by atoms with Gasteiger partial charge in [-0.25, -0.2) is 8.78 Å². The number of hydrogen-bond acceptors (Lipinski definition) is 3. The Balaban J connectivity index is 2.40. The second kappa shape index (κ2) is 3.31. The van der Waals surface area contributed by atoms with E-state index in [1.807, 2.05) is 0 Å². The monoisotopic (exact) mass is 229 g/mol. The van der Waals surface area contributed by atoms with E-state index in [-0.39, 0.29) is 30.9 Å². The molecule has 1 aromatic carbocycles. The van der Waals surface area contributed by atoms with E-state index in [9.17, 15) is 19.0 Å². The quantitative estimate of drug-likeness (QED) is 0.676. The Labute approximate surface area is 91.5 Å². The van der Waals surface area contributed by atoms with Crippen LogP contribution < -0.4 is 5.73 Å². The van der Waals surface area contributed by atoms with Gasteiger partial charge in [-0.3, -0.25) is 0 Å². The van der Waals surface area contributed by atoms with Gasteiger partial charge in [0.05, 0.1) is 0 Å². The van der Waals surface area contributed by atoms with Crippen molar-refractivity contribution < 1.29 is 19.0 Å². The summed E-state index contributed by atoms with van der Waals surface area (Å²) < 4.78 is 25.9. The molecule has 1 aliphatic carbocycles. The molecule has 0 atom stereocenters. The minimum Gasteiger partial charge on any atom is -0.504 e. The number of rotatable bonds is 2. The summed E-state index contributed by atoms with van der Waals surface area (Å²) in [4.78, 5) is 0. The fourth-order valence-corrected chi connectivity index (χ4v) is 2.34. The van der Waals surface area contributed by atoms with Crippen LogP contribution in [0.5, 0.6) is 11.5 Å². The Morgan fingerprint density at radius 2 is 1.88 bits per heavy atom. The molecule has 5 heteroatoms. The fourth-order valence-electron chi connectivity index (χ4n) is 2.34. The highest BCUT2D eigenvalue weighted by atomic mass is 19.3. The Morgan fingerprint density at radius 1 is 1.25 bits per heavy atom. The van der Waals surface area contributed by atoms with Gasteiger partial charge >= 0.3 is 0 Å². The molecular formula is C11H13F2NO2. The molecule has 0 saturated heterocycles. The van der Waals surface area contributed by atoms with Gasteiger partial charge in [0.25, 0.3) is 0 Å². The lowest BCUT2D eigenvalue weighted by Gasteiger charge is -2.47. The van der Waals surface area contributed by atoms with Gasteiger partial charge in [0.2, 0.25) is 5.92 Å². The highest BCUT2D eigenvalue weighted by molar-refractivity contribution is 5.50. The molecule has 3 nitrogen and oxygen atoms in total. The molecule has 0 bridgehead atoms. The first kappa shape index (κ1) is 11.1. The predicted molar refractivity (Wildman–Crippen MR) is 54.7 cm³/mol. The Morgan fingerprint density at radius 3 is 2.38 bits per heavy atom. The van der Waals surface area contributed by atoms with Crippen molar-refractivity contribution in [2.24, 2.45) is 5.73 Å². The van der Waals surface area contributed by atoms with Crippen LogP contribution >= 0.6 is 0 Å². The van der Waals surface area contributed by atoms with Gasteiger partial charge in [0, 0.05) is 30.4 Å². The molecule has 4 N–H and O–H groups in total. The summed E-state index contributed by atoms with van der Waals surface area (Å²) in [6.07, 6.45) is -0.763. The SMILES string of the molecule is NCC1(c2cccc(O)c2O)CC(F)(F)C1. The van der Waals surface area contributed by atoms with Crippen LogP contribution in [0.15, 0.2) is 18.2 Å². The number of nitrogens with two attached hydrogens (primary N) is 1. The largest absolute Gasteiger partial charge is 0.504 e. The van der Waals surface area contributed by atoms with Crippen molar-refractivity contribution in [1.29, 1.82) is 0 Å². The Kier molecular flexibility index (Phi) is 2.31. The van der Waals surface area contributed by atoms with Crippen molar-refractivity contribution in [3.63, 3.8) is 0 Å². The topological polar surface area (TPSA) is 66.5 Å². The van der Waals surface area contributed by atoms with Gasteiger partial charge in [-0.2, -0.15) is 0 Å². The summed E-state index contributed by atoms with van der Waals surface area (Å²) in [7, 11) is 0. The van der Waals surface area contributed by atoms with Crippen molar-refractivity contribution >= 4 is 0 Å². The molecule has 1 aliphatic rings. The summed E-state index contributed by atoms with van der Waals surface area (Å²) in [5.41, 5.74) is 4.91. The summed E-state index contributed by atoms with van der Waals surface area (Å²) in [5, 5.41) is 19.0. The van der Waals surface area contributed by atoms with Gasteiger partial charge in [-0.05, 0) is 6.07 Å². The van der Waals surface area contributed by atoms with Gasteiger partial charge in [0.15, 0.2) is 11.5 Å². The average Bonchev–Trinajstić information content (AvgIpc) is 2.18. The molecule has 0 unspecified atom stereocenters. The summed E-state index contributed by atoms with van der Waals surface area (Å²) >= 11 is 0. The van der Waals surface area contributed by atoms with Crippen LogP contribution in [0.3, 0.4) is 0 Å². The normalized spacial score (nSPS) is 21.4. The lowest BCUT2D eigenvalue weighted by Crippen LogP contribution is -2.53. The van der Waals surface area contributed by atoms with E-state index < -0.39 is 11.3 Å². The van der Waals surface area contributed by atoms with Crippen molar-refractivity contribution in [2.45, 2.75) is 24.2 Å². The van der Waals surface area contributed by atoms with E-state index in [2.05, 4.69) is 0 Å². The zero-order valence-corrected chi connectivity index (χ0v) is 8.58. The van der Waals surface area contributed by atoms with Crippen LogP contribution in [0, 0.1) is 0 Å². The van der Waals surface area contributed by atoms with Crippen LogP contribution in [0.2, 0.25) is 0 Å². The third kappa shape index (κ3) is 1.51. The number of halogens is 2. The highest BCUT2D eigenvalue weighted by Gasteiger charge is 2.57. The third-order valence-electron chi connectivity index (χ3n) is 3.17. The Bertz CT molecular complexity index is 412. The minimum atomic E-state index is -2.72. The van der Waals surface area contributed by atoms with E-state index in [4.69, 9.17) is 5.73 Å². The number of para-hydroxylation sites is 1. The molecule has 0 aliphatic heterocycles. The first-order valence-corrected chi connectivity index (χ1v) is 5.00. The Hall–Kier alpha value is -1.36. The average molecular weight is 229 g/mol. The van der Waals surface area contributed by atoms with Crippen LogP contribution in [0.1, 0.15) is 18.4 Å². The maximum absolute atomic E-state index is 12.9. The zero-order chi connectivity index (χ0) is 12.0. The standard InChI is InChI=1S/C11H13F2NO2/c12-11(13)4-10(5-11,6-14)7-2-1-3-8(15)9(7)16/h1-3,15-16H,4-6,14H2. The number of alkyl halides is 2. The third-order valence-corrected chi connectivity index (χ3v) is 3.17. The molecule has 0 radical (unpaired) electrons. The highest BCUT2D eigenvalue weighted by Crippen LogP contribution is 2.55. The molecule has 1 fully saturated rings. The van der Waals surface area contributed by atoms with Gasteiger partial charge in [0.1, 0.15) is 0 Å². The van der Waals surface area contributed by atoms with Crippen LogP contribution in [0.4, 0.5) is 8.78 Å². The lowest BCUT2D eigenvalue weighted by atomic mass is 9.62. The van der Waals surface area contributed by atoms with Gasteiger partial charge in [-0.1, -0.05) is 12.1 Å².